The summed E-state index contributed by atoms with van der Waals surface area (Å²) in [4.78, 5) is 25.2. The molecule has 3 aromatic rings. The molecule has 0 radical (unpaired) electrons. The van der Waals surface area contributed by atoms with E-state index >= 15 is 0 Å². The lowest BCUT2D eigenvalue weighted by Gasteiger charge is -2.20. The van der Waals surface area contributed by atoms with E-state index in [-0.39, 0.29) is 5.69 Å². The fourth-order valence-electron chi connectivity index (χ4n) is 3.34. The fraction of sp³-hybridized carbons (Fsp3) is 0.261. The number of carbonyl (C=O) groups is 1. The molecule has 0 aliphatic heterocycles. The second-order valence-corrected chi connectivity index (χ2v) is 8.59. The van der Waals surface area contributed by atoms with Crippen LogP contribution in [0.3, 0.4) is 0 Å². The molecule has 0 saturated heterocycles. The summed E-state index contributed by atoms with van der Waals surface area (Å²) in [5, 5.41) is 17.0. The number of carbonyl (C=O) groups excluding carboxylic acids is 1. The SMILES string of the molecule is CSc1cc(C2CC2)ccc1Nc1cc(Nc2cncc(C#N)n2)nc(NN(C)C=O)c1C. The molecule has 2 heterocycles. The Kier molecular flexibility index (Phi) is 6.60. The van der Waals surface area contributed by atoms with E-state index in [0.29, 0.717) is 29.8 Å². The molecule has 1 aliphatic rings. The van der Waals surface area contributed by atoms with Crippen molar-refractivity contribution in [2.75, 3.05) is 29.4 Å². The predicted molar refractivity (Wildman–Crippen MR) is 130 cm³/mol. The number of nitrogens with zero attached hydrogens (tertiary/aromatic N) is 5. The maximum absolute atomic E-state index is 11.2. The van der Waals surface area contributed by atoms with Gasteiger partial charge in [0.15, 0.2) is 17.3 Å². The molecule has 1 saturated carbocycles. The Morgan fingerprint density at radius 2 is 1.97 bits per heavy atom. The average Bonchev–Trinajstić information content (AvgIpc) is 3.67. The Bertz CT molecular complexity index is 1220. The minimum atomic E-state index is 0.199. The first kappa shape index (κ1) is 22.4. The van der Waals surface area contributed by atoms with Gasteiger partial charge >= 0.3 is 0 Å². The molecule has 9 nitrogen and oxygen atoms in total. The normalized spacial score (nSPS) is 12.5. The van der Waals surface area contributed by atoms with Crippen molar-refractivity contribution < 1.29 is 4.79 Å². The molecular weight excluding hydrogens is 436 g/mol. The average molecular weight is 461 g/mol. The highest BCUT2D eigenvalue weighted by Crippen LogP contribution is 2.43. The third-order valence-electron chi connectivity index (χ3n) is 5.26. The lowest BCUT2D eigenvalue weighted by Crippen LogP contribution is -2.24. The van der Waals surface area contributed by atoms with E-state index in [1.165, 1.54) is 35.8 Å². The summed E-state index contributed by atoms with van der Waals surface area (Å²) in [7, 11) is 1.60. The van der Waals surface area contributed by atoms with Crippen molar-refractivity contribution in [1.82, 2.24) is 20.0 Å². The van der Waals surface area contributed by atoms with E-state index in [9.17, 15) is 4.79 Å². The van der Waals surface area contributed by atoms with E-state index in [1.807, 2.05) is 19.1 Å². The van der Waals surface area contributed by atoms with Gasteiger partial charge in [-0.15, -0.1) is 11.8 Å². The first-order valence-electron chi connectivity index (χ1n) is 10.4. The largest absolute Gasteiger partial charge is 0.354 e. The molecule has 33 heavy (non-hydrogen) atoms. The Hall–Kier alpha value is -3.84. The summed E-state index contributed by atoms with van der Waals surface area (Å²) in [5.41, 5.74) is 7.20. The first-order valence-corrected chi connectivity index (χ1v) is 11.6. The van der Waals surface area contributed by atoms with Crippen LogP contribution in [0.25, 0.3) is 0 Å². The molecule has 0 atom stereocenters. The zero-order chi connectivity index (χ0) is 23.4. The minimum Gasteiger partial charge on any atom is -0.354 e. The first-order chi connectivity index (χ1) is 16.0. The molecule has 3 N–H and O–H groups in total. The number of pyridine rings is 1. The van der Waals surface area contributed by atoms with Crippen molar-refractivity contribution in [3.05, 3.63) is 53.5 Å². The maximum atomic E-state index is 11.2. The van der Waals surface area contributed by atoms with Gasteiger partial charge < -0.3 is 10.6 Å². The minimum absolute atomic E-state index is 0.199. The number of hydrogen-bond donors (Lipinski definition) is 3. The second kappa shape index (κ2) is 9.75. The Morgan fingerprint density at radius 1 is 1.15 bits per heavy atom. The number of thioether (sulfide) groups is 1. The number of aromatic nitrogens is 3. The van der Waals surface area contributed by atoms with Crippen molar-refractivity contribution in [2.45, 2.75) is 30.6 Å². The smallest absolute Gasteiger partial charge is 0.227 e. The molecule has 1 fully saturated rings. The summed E-state index contributed by atoms with van der Waals surface area (Å²) < 4.78 is 0. The highest BCUT2D eigenvalue weighted by atomic mass is 32.2. The number of rotatable bonds is 9. The van der Waals surface area contributed by atoms with E-state index < -0.39 is 0 Å². The number of amides is 1. The lowest BCUT2D eigenvalue weighted by molar-refractivity contribution is -0.115. The summed E-state index contributed by atoms with van der Waals surface area (Å²) in [6, 6.07) is 10.4. The van der Waals surface area contributed by atoms with Gasteiger partial charge in [0.25, 0.3) is 0 Å². The molecule has 1 aliphatic carbocycles. The van der Waals surface area contributed by atoms with Gasteiger partial charge in [-0.05, 0) is 49.6 Å². The summed E-state index contributed by atoms with van der Waals surface area (Å²) in [5.74, 6) is 2.06. The van der Waals surface area contributed by atoms with E-state index in [2.05, 4.69) is 55.5 Å². The molecule has 10 heteroatoms. The van der Waals surface area contributed by atoms with Crippen LogP contribution in [0, 0.1) is 18.3 Å². The highest BCUT2D eigenvalue weighted by molar-refractivity contribution is 7.98. The van der Waals surface area contributed by atoms with E-state index in [0.717, 1.165) is 21.8 Å². The van der Waals surface area contributed by atoms with Crippen molar-refractivity contribution in [1.29, 1.82) is 5.26 Å². The van der Waals surface area contributed by atoms with Crippen LogP contribution in [0.15, 0.2) is 41.6 Å². The Morgan fingerprint density at radius 3 is 2.67 bits per heavy atom. The molecule has 168 valence electrons. The molecule has 0 spiro atoms. The van der Waals surface area contributed by atoms with Crippen molar-refractivity contribution in [3.8, 4) is 6.07 Å². The highest BCUT2D eigenvalue weighted by Gasteiger charge is 2.24. The van der Waals surface area contributed by atoms with Crippen LogP contribution in [0.1, 0.15) is 35.6 Å². The van der Waals surface area contributed by atoms with Crippen LogP contribution >= 0.6 is 11.8 Å². The molecule has 2 aromatic heterocycles. The zero-order valence-corrected chi connectivity index (χ0v) is 19.4. The van der Waals surface area contributed by atoms with Crippen LogP contribution in [-0.4, -0.2) is 39.7 Å². The number of hydrazine groups is 1. The van der Waals surface area contributed by atoms with Gasteiger partial charge in [-0.25, -0.2) is 9.97 Å². The van der Waals surface area contributed by atoms with Crippen LogP contribution < -0.4 is 16.1 Å². The van der Waals surface area contributed by atoms with Crippen LogP contribution in [0.2, 0.25) is 0 Å². The van der Waals surface area contributed by atoms with E-state index in [1.54, 1.807) is 18.8 Å². The van der Waals surface area contributed by atoms with Gasteiger partial charge in [-0.1, -0.05) is 6.07 Å². The number of nitrogens with one attached hydrogen (secondary N) is 3. The second-order valence-electron chi connectivity index (χ2n) is 7.74. The Labute approximate surface area is 196 Å². The molecule has 4 rings (SSSR count). The number of hydrogen-bond acceptors (Lipinski definition) is 9. The number of nitriles is 1. The maximum Gasteiger partial charge on any atom is 0.227 e. The van der Waals surface area contributed by atoms with Crippen LogP contribution in [-0.2, 0) is 4.79 Å². The molecule has 0 unspecified atom stereocenters. The third kappa shape index (κ3) is 5.32. The van der Waals surface area contributed by atoms with Crippen molar-refractivity contribution >= 4 is 47.0 Å². The Balaban J connectivity index is 1.70. The van der Waals surface area contributed by atoms with Gasteiger partial charge in [0.1, 0.15) is 11.9 Å². The molecular formula is C23H24N8OS. The predicted octanol–water partition coefficient (Wildman–Crippen LogP) is 4.55. The van der Waals surface area contributed by atoms with Gasteiger partial charge in [0.05, 0.1) is 18.1 Å². The number of benzene rings is 1. The molecule has 1 aromatic carbocycles. The van der Waals surface area contributed by atoms with E-state index in [4.69, 9.17) is 5.26 Å². The topological polar surface area (TPSA) is 119 Å². The quantitative estimate of drug-likeness (QED) is 0.240. The zero-order valence-electron chi connectivity index (χ0n) is 18.6. The summed E-state index contributed by atoms with van der Waals surface area (Å²) >= 11 is 1.70. The van der Waals surface area contributed by atoms with Crippen molar-refractivity contribution in [2.24, 2.45) is 0 Å². The van der Waals surface area contributed by atoms with Gasteiger partial charge in [0, 0.05) is 29.3 Å². The van der Waals surface area contributed by atoms with Crippen LogP contribution in [0.4, 0.5) is 28.8 Å². The van der Waals surface area contributed by atoms with Gasteiger partial charge in [0.2, 0.25) is 6.41 Å². The standard InChI is InChI=1S/C23H24N8OS/c1-14-19(27-18-7-6-16(15-4-5-15)8-20(18)33-3)9-21(29-23(14)30-31(2)13-32)28-22-12-25-11-17(10-24)26-22/h6-9,11-13,15H,4-5H2,1-3H3,(H3,26,27,28,29,30). The van der Waals surface area contributed by atoms with Crippen LogP contribution in [0.5, 0.6) is 0 Å². The number of anilines is 5. The molecule has 0 bridgehead atoms. The van der Waals surface area contributed by atoms with Gasteiger partial charge in [-0.2, -0.15) is 5.26 Å². The lowest BCUT2D eigenvalue weighted by atomic mass is 10.1. The summed E-state index contributed by atoms with van der Waals surface area (Å²) in [6.07, 6.45) is 8.15. The fourth-order valence-corrected chi connectivity index (χ4v) is 3.94. The third-order valence-corrected chi connectivity index (χ3v) is 6.04. The van der Waals surface area contributed by atoms with Gasteiger partial charge in [-0.3, -0.25) is 20.2 Å². The van der Waals surface area contributed by atoms with Crippen molar-refractivity contribution in [3.63, 3.8) is 0 Å². The summed E-state index contributed by atoms with van der Waals surface area (Å²) in [6.45, 7) is 1.92. The molecule has 1 amide bonds. The monoisotopic (exact) mass is 460 g/mol.